The van der Waals surface area contributed by atoms with E-state index in [2.05, 4.69) is 13.5 Å². The van der Waals surface area contributed by atoms with Gasteiger partial charge in [-0.2, -0.15) is 0 Å². The highest BCUT2D eigenvalue weighted by Gasteiger charge is 2.37. The van der Waals surface area contributed by atoms with Crippen molar-refractivity contribution in [1.29, 1.82) is 0 Å². The Balaban J connectivity index is 2.67. The Labute approximate surface area is 128 Å². The monoisotopic (exact) mass is 308 g/mol. The van der Waals surface area contributed by atoms with Gasteiger partial charge >= 0.3 is 14.5 Å². The summed E-state index contributed by atoms with van der Waals surface area (Å²) in [6.45, 7) is 10.3. The number of ether oxygens (including phenoxy) is 1. The van der Waals surface area contributed by atoms with Crippen molar-refractivity contribution in [2.45, 2.75) is 26.8 Å². The van der Waals surface area contributed by atoms with Gasteiger partial charge in [0.2, 0.25) is 0 Å². The summed E-state index contributed by atoms with van der Waals surface area (Å²) < 4.78 is 17.1. The van der Waals surface area contributed by atoms with Crippen molar-refractivity contribution in [3.63, 3.8) is 0 Å². The number of hydrogen-bond acceptors (Lipinski definition) is 4. The minimum atomic E-state index is -2.46. The standard InChI is InChI=1S/C16H24O4Si/c1-5-19-21(6-2,15-10-8-7-9-11-15)20-13-12-18-16(17)14(3)4/h7-11H,3,5-6,12-13H2,1-2,4H3. The first-order valence-corrected chi connectivity index (χ1v) is 9.24. The van der Waals surface area contributed by atoms with Gasteiger partial charge in [-0.1, -0.05) is 43.8 Å². The molecule has 1 aromatic carbocycles. The van der Waals surface area contributed by atoms with Crippen molar-refractivity contribution in [3.8, 4) is 0 Å². The third kappa shape index (κ3) is 5.11. The second-order valence-electron chi connectivity index (χ2n) is 4.67. The zero-order chi connectivity index (χ0) is 15.7. The Kier molecular flexibility index (Phi) is 7.35. The fourth-order valence-electron chi connectivity index (χ4n) is 2.01. The highest BCUT2D eigenvalue weighted by atomic mass is 28.4. The Morgan fingerprint density at radius 3 is 2.33 bits per heavy atom. The molecule has 0 saturated carbocycles. The van der Waals surface area contributed by atoms with Gasteiger partial charge in [0.15, 0.2) is 0 Å². The summed E-state index contributed by atoms with van der Waals surface area (Å²) in [5.41, 5.74) is 0.391. The third-order valence-corrected chi connectivity index (χ3v) is 6.63. The molecule has 0 spiro atoms. The highest BCUT2D eigenvalue weighted by Crippen LogP contribution is 2.14. The van der Waals surface area contributed by atoms with Crippen LogP contribution in [0, 0.1) is 0 Å². The number of rotatable bonds is 9. The van der Waals surface area contributed by atoms with Crippen molar-refractivity contribution in [2.24, 2.45) is 0 Å². The van der Waals surface area contributed by atoms with E-state index in [0.29, 0.717) is 18.8 Å². The summed E-state index contributed by atoms with van der Waals surface area (Å²) in [5.74, 6) is -0.390. The summed E-state index contributed by atoms with van der Waals surface area (Å²) in [6.07, 6.45) is 0. The van der Waals surface area contributed by atoms with Gasteiger partial charge in [-0.05, 0) is 25.1 Å². The van der Waals surface area contributed by atoms with Gasteiger partial charge in [0.25, 0.3) is 0 Å². The van der Waals surface area contributed by atoms with Crippen molar-refractivity contribution in [2.75, 3.05) is 19.8 Å². The van der Waals surface area contributed by atoms with Crippen LogP contribution >= 0.6 is 0 Å². The van der Waals surface area contributed by atoms with Crippen LogP contribution in [-0.2, 0) is 18.4 Å². The molecule has 4 nitrogen and oxygen atoms in total. The van der Waals surface area contributed by atoms with Crippen molar-refractivity contribution >= 4 is 19.7 Å². The summed E-state index contributed by atoms with van der Waals surface area (Å²) in [5, 5.41) is 1.10. The van der Waals surface area contributed by atoms with Crippen LogP contribution in [0.2, 0.25) is 6.04 Å². The zero-order valence-corrected chi connectivity index (χ0v) is 14.1. The summed E-state index contributed by atoms with van der Waals surface area (Å²) in [6, 6.07) is 10.8. The molecule has 0 fully saturated rings. The lowest BCUT2D eigenvalue weighted by Gasteiger charge is -2.29. The van der Waals surface area contributed by atoms with Gasteiger partial charge in [0, 0.05) is 12.2 Å². The normalized spacial score (nSPS) is 13.5. The summed E-state index contributed by atoms with van der Waals surface area (Å²) in [4.78, 5) is 11.3. The lowest BCUT2D eigenvalue weighted by Crippen LogP contribution is -2.53. The number of carbonyl (C=O) groups is 1. The zero-order valence-electron chi connectivity index (χ0n) is 13.1. The van der Waals surface area contributed by atoms with Crippen molar-refractivity contribution in [1.82, 2.24) is 0 Å². The van der Waals surface area contributed by atoms with E-state index in [9.17, 15) is 4.79 Å². The van der Waals surface area contributed by atoms with E-state index in [0.717, 1.165) is 11.2 Å². The Hall–Kier alpha value is -1.43. The molecule has 1 rings (SSSR count). The predicted octanol–water partition coefficient (Wildman–Crippen LogP) is 2.53. The number of benzene rings is 1. The van der Waals surface area contributed by atoms with Crippen LogP contribution in [0.3, 0.4) is 0 Å². The van der Waals surface area contributed by atoms with Gasteiger partial charge < -0.3 is 13.6 Å². The highest BCUT2D eigenvalue weighted by molar-refractivity contribution is 6.81. The molecule has 1 aromatic rings. The molecule has 0 N–H and O–H groups in total. The molecule has 0 heterocycles. The molecule has 0 saturated heterocycles. The van der Waals surface area contributed by atoms with E-state index < -0.39 is 14.5 Å². The molecule has 0 aliphatic carbocycles. The summed E-state index contributed by atoms with van der Waals surface area (Å²) >= 11 is 0. The topological polar surface area (TPSA) is 44.8 Å². The van der Waals surface area contributed by atoms with E-state index in [1.807, 2.05) is 37.3 Å². The predicted molar refractivity (Wildman–Crippen MR) is 85.7 cm³/mol. The van der Waals surface area contributed by atoms with E-state index in [1.54, 1.807) is 6.92 Å². The number of hydrogen-bond donors (Lipinski definition) is 0. The van der Waals surface area contributed by atoms with Crippen LogP contribution in [-0.4, -0.2) is 34.4 Å². The van der Waals surface area contributed by atoms with E-state index >= 15 is 0 Å². The average molecular weight is 308 g/mol. The molecular formula is C16H24O4Si. The molecule has 0 aliphatic rings. The fraction of sp³-hybridized carbons (Fsp3) is 0.438. The molecule has 0 aliphatic heterocycles. The molecule has 0 radical (unpaired) electrons. The third-order valence-electron chi connectivity index (χ3n) is 3.06. The van der Waals surface area contributed by atoms with E-state index in [1.165, 1.54) is 0 Å². The minimum Gasteiger partial charge on any atom is -0.460 e. The molecule has 1 unspecified atom stereocenters. The molecule has 0 bridgehead atoms. The maximum Gasteiger partial charge on any atom is 0.372 e. The molecule has 21 heavy (non-hydrogen) atoms. The molecular weight excluding hydrogens is 284 g/mol. The maximum absolute atomic E-state index is 11.3. The fourth-order valence-corrected chi connectivity index (χ4v) is 4.82. The van der Waals surface area contributed by atoms with Crippen LogP contribution in [0.1, 0.15) is 20.8 Å². The van der Waals surface area contributed by atoms with Crippen molar-refractivity contribution < 1.29 is 18.4 Å². The summed E-state index contributed by atoms with van der Waals surface area (Å²) in [7, 11) is -2.46. The molecule has 1 atom stereocenters. The quantitative estimate of drug-likeness (QED) is 0.304. The SMILES string of the molecule is C=C(C)C(=O)OCCO[Si](CC)(OCC)c1ccccc1. The lowest BCUT2D eigenvalue weighted by molar-refractivity contribution is -0.139. The first-order valence-electron chi connectivity index (χ1n) is 7.21. The smallest absolute Gasteiger partial charge is 0.372 e. The largest absolute Gasteiger partial charge is 0.460 e. The Bertz CT molecular complexity index is 461. The van der Waals surface area contributed by atoms with Gasteiger partial charge in [0.1, 0.15) is 6.61 Å². The van der Waals surface area contributed by atoms with Crippen LogP contribution in [0.15, 0.2) is 42.5 Å². The minimum absolute atomic E-state index is 0.209. The number of carbonyl (C=O) groups excluding carboxylic acids is 1. The van der Waals surface area contributed by atoms with Crippen LogP contribution in [0.4, 0.5) is 0 Å². The first kappa shape index (κ1) is 17.6. The molecule has 116 valence electrons. The maximum atomic E-state index is 11.3. The Morgan fingerprint density at radius 2 is 1.81 bits per heavy atom. The second-order valence-corrected chi connectivity index (χ2v) is 8.04. The van der Waals surface area contributed by atoms with Crippen LogP contribution in [0.25, 0.3) is 0 Å². The van der Waals surface area contributed by atoms with Gasteiger partial charge in [0.05, 0.1) is 6.61 Å². The van der Waals surface area contributed by atoms with Gasteiger partial charge in [-0.3, -0.25) is 0 Å². The van der Waals surface area contributed by atoms with Gasteiger partial charge in [-0.15, -0.1) is 0 Å². The van der Waals surface area contributed by atoms with Crippen molar-refractivity contribution in [3.05, 3.63) is 42.5 Å². The second kappa shape index (κ2) is 8.77. The first-order chi connectivity index (χ1) is 10.1. The molecule has 0 amide bonds. The van der Waals surface area contributed by atoms with Crippen LogP contribution in [0.5, 0.6) is 0 Å². The van der Waals surface area contributed by atoms with Crippen LogP contribution < -0.4 is 5.19 Å². The number of esters is 1. The van der Waals surface area contributed by atoms with Gasteiger partial charge in [-0.25, -0.2) is 4.79 Å². The van der Waals surface area contributed by atoms with E-state index in [-0.39, 0.29) is 6.61 Å². The Morgan fingerprint density at radius 1 is 1.14 bits per heavy atom. The van der Waals surface area contributed by atoms with E-state index in [4.69, 9.17) is 13.6 Å². The molecule has 5 heteroatoms. The molecule has 0 aromatic heterocycles. The lowest BCUT2D eigenvalue weighted by atomic mass is 10.4. The average Bonchev–Trinajstić information content (AvgIpc) is 2.51.